The first-order valence-corrected chi connectivity index (χ1v) is 11.5. The van der Waals surface area contributed by atoms with Crippen molar-refractivity contribution in [3.05, 3.63) is 65.9 Å². The molecular formula is C25H30FN7O2. The molecule has 0 spiro atoms. The van der Waals surface area contributed by atoms with E-state index in [1.807, 2.05) is 26.8 Å². The highest BCUT2D eigenvalue weighted by Crippen LogP contribution is 2.28. The van der Waals surface area contributed by atoms with Crippen molar-refractivity contribution in [2.45, 2.75) is 32.8 Å². The van der Waals surface area contributed by atoms with E-state index in [4.69, 9.17) is 10.5 Å². The van der Waals surface area contributed by atoms with E-state index in [0.717, 1.165) is 5.56 Å². The van der Waals surface area contributed by atoms with Crippen LogP contribution in [-0.2, 0) is 12.0 Å². The first-order chi connectivity index (χ1) is 16.7. The molecule has 2 aromatic heterocycles. The lowest BCUT2D eigenvalue weighted by Crippen LogP contribution is -2.50. The van der Waals surface area contributed by atoms with Crippen LogP contribution in [0.4, 0.5) is 26.6 Å². The zero-order chi connectivity index (χ0) is 25.0. The number of carbonyl (C=O) groups excluding carboxylic acids is 1. The van der Waals surface area contributed by atoms with Gasteiger partial charge < -0.3 is 25.6 Å². The van der Waals surface area contributed by atoms with Crippen molar-refractivity contribution >= 4 is 23.5 Å². The predicted octanol–water partition coefficient (Wildman–Crippen LogP) is 3.82. The average molecular weight is 480 g/mol. The van der Waals surface area contributed by atoms with Gasteiger partial charge in [-0.25, -0.2) is 24.1 Å². The summed E-state index contributed by atoms with van der Waals surface area (Å²) in [5.41, 5.74) is 7.29. The quantitative estimate of drug-likeness (QED) is 0.572. The van der Waals surface area contributed by atoms with Gasteiger partial charge in [-0.1, -0.05) is 26.8 Å². The lowest BCUT2D eigenvalue weighted by molar-refractivity contribution is 0.207. The summed E-state index contributed by atoms with van der Waals surface area (Å²) in [7, 11) is 0. The highest BCUT2D eigenvalue weighted by atomic mass is 19.1. The molecule has 1 fully saturated rings. The third kappa shape index (κ3) is 5.95. The number of amides is 2. The maximum atomic E-state index is 14.4. The number of nitrogen functional groups attached to an aromatic ring is 1. The molecule has 0 aliphatic carbocycles. The number of pyridine rings is 1. The van der Waals surface area contributed by atoms with Crippen molar-refractivity contribution in [1.29, 1.82) is 0 Å². The summed E-state index contributed by atoms with van der Waals surface area (Å²) in [6, 6.07) is 9.90. The van der Waals surface area contributed by atoms with Crippen LogP contribution in [0.5, 0.6) is 5.75 Å². The van der Waals surface area contributed by atoms with Gasteiger partial charge in [0.05, 0.1) is 11.4 Å². The zero-order valence-electron chi connectivity index (χ0n) is 20.2. The van der Waals surface area contributed by atoms with E-state index in [1.165, 1.54) is 6.07 Å². The van der Waals surface area contributed by atoms with Gasteiger partial charge >= 0.3 is 6.03 Å². The van der Waals surface area contributed by atoms with Crippen molar-refractivity contribution in [3.63, 3.8) is 0 Å². The Balaban J connectivity index is 1.37. The number of benzene rings is 1. The number of nitrogens with zero attached hydrogens (tertiary/aromatic N) is 5. The van der Waals surface area contributed by atoms with Gasteiger partial charge in [-0.05, 0) is 41.3 Å². The number of nitrogens with one attached hydrogen (secondary N) is 1. The molecule has 4 rings (SSSR count). The number of piperazine rings is 1. The summed E-state index contributed by atoms with van der Waals surface area (Å²) in [4.78, 5) is 29.1. The lowest BCUT2D eigenvalue weighted by Gasteiger charge is -2.36. The number of halogens is 1. The van der Waals surface area contributed by atoms with Gasteiger partial charge in [0.2, 0.25) is 5.95 Å². The second-order valence-corrected chi connectivity index (χ2v) is 9.37. The van der Waals surface area contributed by atoms with Crippen molar-refractivity contribution < 1.29 is 13.9 Å². The Morgan fingerprint density at radius 1 is 1.11 bits per heavy atom. The second-order valence-electron chi connectivity index (χ2n) is 9.37. The molecule has 2 amide bonds. The molecule has 3 N–H and O–H groups in total. The molecule has 3 aromatic rings. The van der Waals surface area contributed by atoms with E-state index in [0.29, 0.717) is 43.4 Å². The first kappa shape index (κ1) is 24.2. The van der Waals surface area contributed by atoms with Crippen molar-refractivity contribution in [2.24, 2.45) is 0 Å². The van der Waals surface area contributed by atoms with Crippen LogP contribution in [0, 0.1) is 5.82 Å². The summed E-state index contributed by atoms with van der Waals surface area (Å²) >= 11 is 0. The van der Waals surface area contributed by atoms with E-state index in [1.54, 1.807) is 41.6 Å². The number of nitrogens with two attached hydrogens (primary N) is 1. The number of aromatic nitrogens is 3. The number of rotatable bonds is 5. The lowest BCUT2D eigenvalue weighted by atomic mass is 9.87. The molecule has 9 nitrogen and oxygen atoms in total. The standard InChI is InChI=1S/C25H30FN7O2/c1-25(2,3)17-6-7-19(26)20(15-17)31-24(34)33-13-11-32(12-14-33)22-21(5-4-9-28-22)35-16-18-8-10-29-23(27)30-18/h4-10,15H,11-14,16H2,1-3H3,(H,31,34)(H2,27,29,30). The van der Waals surface area contributed by atoms with E-state index in [9.17, 15) is 9.18 Å². The van der Waals surface area contributed by atoms with Crippen LogP contribution in [0.25, 0.3) is 0 Å². The molecular weight excluding hydrogens is 449 g/mol. The number of carbonyl (C=O) groups is 1. The highest BCUT2D eigenvalue weighted by molar-refractivity contribution is 5.89. The molecule has 0 radical (unpaired) electrons. The molecule has 0 bridgehead atoms. The minimum absolute atomic E-state index is 0.151. The topological polar surface area (TPSA) is 110 Å². The Labute approximate surface area is 204 Å². The average Bonchev–Trinajstić information content (AvgIpc) is 2.84. The fourth-order valence-electron chi connectivity index (χ4n) is 3.78. The molecule has 0 unspecified atom stereocenters. The number of urea groups is 1. The first-order valence-electron chi connectivity index (χ1n) is 11.5. The van der Waals surface area contributed by atoms with Gasteiger partial charge in [0, 0.05) is 38.6 Å². The Kier molecular flexibility index (Phi) is 6.99. The van der Waals surface area contributed by atoms with Crippen LogP contribution in [0.3, 0.4) is 0 Å². The number of anilines is 3. The molecule has 3 heterocycles. The Bertz CT molecular complexity index is 1190. The largest absolute Gasteiger partial charge is 0.483 e. The van der Waals surface area contributed by atoms with E-state index in [2.05, 4.69) is 25.2 Å². The molecule has 10 heteroatoms. The van der Waals surface area contributed by atoms with Gasteiger partial charge in [0.25, 0.3) is 0 Å². The molecule has 1 aliphatic rings. The van der Waals surface area contributed by atoms with Crippen LogP contribution in [0.15, 0.2) is 48.8 Å². The third-order valence-electron chi connectivity index (χ3n) is 5.80. The highest BCUT2D eigenvalue weighted by Gasteiger charge is 2.25. The summed E-state index contributed by atoms with van der Waals surface area (Å²) in [5.74, 6) is 1.05. The zero-order valence-corrected chi connectivity index (χ0v) is 20.2. The SMILES string of the molecule is CC(C)(C)c1ccc(F)c(NC(=O)N2CCN(c3ncccc3OCc3ccnc(N)n3)CC2)c1. The van der Waals surface area contributed by atoms with Gasteiger partial charge in [0.1, 0.15) is 12.4 Å². The number of hydrogen-bond acceptors (Lipinski definition) is 7. The predicted molar refractivity (Wildman–Crippen MR) is 133 cm³/mol. The number of ether oxygens (including phenoxy) is 1. The van der Waals surface area contributed by atoms with Gasteiger partial charge in [-0.3, -0.25) is 0 Å². The summed E-state index contributed by atoms with van der Waals surface area (Å²) in [6.45, 7) is 8.41. The van der Waals surface area contributed by atoms with Crippen LogP contribution in [0.1, 0.15) is 32.0 Å². The fraction of sp³-hybridized carbons (Fsp3) is 0.360. The number of hydrogen-bond donors (Lipinski definition) is 2. The van der Waals surface area contributed by atoms with Crippen molar-refractivity contribution in [2.75, 3.05) is 42.1 Å². The second kappa shape index (κ2) is 10.1. The van der Waals surface area contributed by atoms with E-state index >= 15 is 0 Å². The fourth-order valence-corrected chi connectivity index (χ4v) is 3.78. The summed E-state index contributed by atoms with van der Waals surface area (Å²) < 4.78 is 20.3. The minimum Gasteiger partial charge on any atom is -0.483 e. The summed E-state index contributed by atoms with van der Waals surface area (Å²) in [5, 5.41) is 2.73. The van der Waals surface area contributed by atoms with Gasteiger partial charge in [-0.2, -0.15) is 0 Å². The smallest absolute Gasteiger partial charge is 0.322 e. The molecule has 0 atom stereocenters. The summed E-state index contributed by atoms with van der Waals surface area (Å²) in [6.07, 6.45) is 3.29. The molecule has 1 aromatic carbocycles. The maximum Gasteiger partial charge on any atom is 0.322 e. The molecule has 1 aliphatic heterocycles. The molecule has 184 valence electrons. The van der Waals surface area contributed by atoms with E-state index in [-0.39, 0.29) is 29.7 Å². The molecule has 35 heavy (non-hydrogen) atoms. The molecule has 1 saturated heterocycles. The normalized spacial score (nSPS) is 14.1. The van der Waals surface area contributed by atoms with Crippen LogP contribution in [-0.4, -0.2) is 52.1 Å². The maximum absolute atomic E-state index is 14.4. The van der Waals surface area contributed by atoms with Crippen molar-refractivity contribution in [1.82, 2.24) is 19.9 Å². The minimum atomic E-state index is -0.453. The van der Waals surface area contributed by atoms with Gasteiger partial charge in [0.15, 0.2) is 11.6 Å². The van der Waals surface area contributed by atoms with Crippen LogP contribution < -0.4 is 20.7 Å². The van der Waals surface area contributed by atoms with Crippen LogP contribution in [0.2, 0.25) is 0 Å². The van der Waals surface area contributed by atoms with Gasteiger partial charge in [-0.15, -0.1) is 0 Å². The Morgan fingerprint density at radius 2 is 1.89 bits per heavy atom. The van der Waals surface area contributed by atoms with Crippen LogP contribution >= 0.6 is 0 Å². The molecule has 0 saturated carbocycles. The third-order valence-corrected chi connectivity index (χ3v) is 5.80. The van der Waals surface area contributed by atoms with E-state index < -0.39 is 5.82 Å². The Hall–Kier alpha value is -3.95. The Morgan fingerprint density at radius 3 is 2.60 bits per heavy atom. The van der Waals surface area contributed by atoms with Crippen molar-refractivity contribution in [3.8, 4) is 5.75 Å². The monoisotopic (exact) mass is 479 g/mol.